The fourth-order valence-corrected chi connectivity index (χ4v) is 1.89. The monoisotopic (exact) mass is 284 g/mol. The Balaban J connectivity index is 2.49. The standard InChI is InChI=1S/C12H17BrN2O/c1-9(14)12(16)15(2)7-6-10-4-3-5-11(13)8-10/h3-5,8-9H,6-7,14H2,1-2H3. The first-order valence-electron chi connectivity index (χ1n) is 5.25. The van der Waals surface area contributed by atoms with Crippen molar-refractivity contribution in [1.29, 1.82) is 0 Å². The molecule has 3 nitrogen and oxygen atoms in total. The number of nitrogens with two attached hydrogens (primary N) is 1. The fourth-order valence-electron chi connectivity index (χ4n) is 1.45. The molecule has 1 atom stereocenters. The molecule has 0 aliphatic carbocycles. The first-order valence-corrected chi connectivity index (χ1v) is 6.05. The number of carbonyl (C=O) groups is 1. The highest BCUT2D eigenvalue weighted by molar-refractivity contribution is 9.10. The van der Waals surface area contributed by atoms with Gasteiger partial charge in [-0.1, -0.05) is 28.1 Å². The molecular formula is C12H17BrN2O. The average Bonchev–Trinajstić information content (AvgIpc) is 2.24. The molecule has 2 N–H and O–H groups in total. The Morgan fingerprint density at radius 2 is 2.25 bits per heavy atom. The van der Waals surface area contributed by atoms with Gasteiger partial charge in [-0.05, 0) is 31.0 Å². The largest absolute Gasteiger partial charge is 0.344 e. The lowest BCUT2D eigenvalue weighted by molar-refractivity contribution is -0.130. The van der Waals surface area contributed by atoms with Crippen molar-refractivity contribution in [3.63, 3.8) is 0 Å². The lowest BCUT2D eigenvalue weighted by atomic mass is 10.1. The summed E-state index contributed by atoms with van der Waals surface area (Å²) in [5, 5.41) is 0. The molecule has 0 aromatic heterocycles. The van der Waals surface area contributed by atoms with E-state index >= 15 is 0 Å². The Morgan fingerprint density at radius 1 is 1.56 bits per heavy atom. The quantitative estimate of drug-likeness (QED) is 0.917. The number of benzene rings is 1. The summed E-state index contributed by atoms with van der Waals surface area (Å²) in [6.07, 6.45) is 0.842. The molecule has 1 aromatic carbocycles. The van der Waals surface area contributed by atoms with Crippen molar-refractivity contribution in [1.82, 2.24) is 4.90 Å². The van der Waals surface area contributed by atoms with Crippen molar-refractivity contribution in [2.45, 2.75) is 19.4 Å². The molecule has 0 radical (unpaired) electrons. The molecule has 0 aliphatic rings. The zero-order valence-electron chi connectivity index (χ0n) is 9.61. The Kier molecular flexibility index (Phi) is 4.96. The van der Waals surface area contributed by atoms with Crippen molar-refractivity contribution in [2.24, 2.45) is 5.73 Å². The van der Waals surface area contributed by atoms with E-state index in [9.17, 15) is 4.79 Å². The second kappa shape index (κ2) is 6.01. The maximum absolute atomic E-state index is 11.5. The molecule has 16 heavy (non-hydrogen) atoms. The summed E-state index contributed by atoms with van der Waals surface area (Å²) in [5.41, 5.74) is 6.74. The van der Waals surface area contributed by atoms with Crippen LogP contribution in [0.25, 0.3) is 0 Å². The molecule has 0 heterocycles. The molecule has 0 spiro atoms. The SMILES string of the molecule is CC(N)C(=O)N(C)CCc1cccc(Br)c1. The van der Waals surface area contributed by atoms with Gasteiger partial charge in [-0.15, -0.1) is 0 Å². The molecule has 1 unspecified atom stereocenters. The van der Waals surface area contributed by atoms with Crippen LogP contribution in [0.4, 0.5) is 0 Å². The number of halogens is 1. The number of likely N-dealkylation sites (N-methyl/N-ethyl adjacent to an activating group) is 1. The smallest absolute Gasteiger partial charge is 0.238 e. The maximum Gasteiger partial charge on any atom is 0.238 e. The minimum absolute atomic E-state index is 0.0185. The molecule has 0 saturated heterocycles. The molecule has 4 heteroatoms. The number of carbonyl (C=O) groups excluding carboxylic acids is 1. The van der Waals surface area contributed by atoms with Crippen LogP contribution >= 0.6 is 15.9 Å². The summed E-state index contributed by atoms with van der Waals surface area (Å²) in [5.74, 6) is -0.0185. The molecule has 1 aromatic rings. The van der Waals surface area contributed by atoms with E-state index < -0.39 is 6.04 Å². The Morgan fingerprint density at radius 3 is 2.81 bits per heavy atom. The van der Waals surface area contributed by atoms with Crippen LogP contribution in [0.15, 0.2) is 28.7 Å². The van der Waals surface area contributed by atoms with Crippen LogP contribution in [0.3, 0.4) is 0 Å². The van der Waals surface area contributed by atoms with E-state index in [4.69, 9.17) is 5.73 Å². The molecular weight excluding hydrogens is 268 g/mol. The first kappa shape index (κ1) is 13.2. The molecule has 1 rings (SSSR count). The summed E-state index contributed by atoms with van der Waals surface area (Å²) >= 11 is 3.42. The normalized spacial score (nSPS) is 12.2. The van der Waals surface area contributed by atoms with Crippen LogP contribution in [-0.4, -0.2) is 30.4 Å². The van der Waals surface area contributed by atoms with Crippen LogP contribution in [0.2, 0.25) is 0 Å². The van der Waals surface area contributed by atoms with Gasteiger partial charge in [0, 0.05) is 18.1 Å². The topological polar surface area (TPSA) is 46.3 Å². The second-order valence-electron chi connectivity index (χ2n) is 3.93. The van der Waals surface area contributed by atoms with Gasteiger partial charge in [0.05, 0.1) is 6.04 Å². The van der Waals surface area contributed by atoms with Gasteiger partial charge in [-0.3, -0.25) is 4.79 Å². The fraction of sp³-hybridized carbons (Fsp3) is 0.417. The van der Waals surface area contributed by atoms with Crippen LogP contribution < -0.4 is 5.73 Å². The van der Waals surface area contributed by atoms with Crippen LogP contribution in [0, 0.1) is 0 Å². The van der Waals surface area contributed by atoms with E-state index in [2.05, 4.69) is 28.1 Å². The molecule has 0 saturated carbocycles. The van der Waals surface area contributed by atoms with Crippen LogP contribution in [-0.2, 0) is 11.2 Å². The molecule has 0 aliphatic heterocycles. The Bertz CT molecular complexity index is 366. The summed E-state index contributed by atoms with van der Waals surface area (Å²) < 4.78 is 1.06. The number of rotatable bonds is 4. The predicted molar refractivity (Wildman–Crippen MR) is 69.1 cm³/mol. The summed E-state index contributed by atoms with van der Waals surface area (Å²) in [6.45, 7) is 2.40. The molecule has 0 bridgehead atoms. The third-order valence-electron chi connectivity index (χ3n) is 2.39. The van der Waals surface area contributed by atoms with Crippen LogP contribution in [0.1, 0.15) is 12.5 Å². The van der Waals surface area contributed by atoms with Gasteiger partial charge in [-0.25, -0.2) is 0 Å². The van der Waals surface area contributed by atoms with E-state index in [0.717, 1.165) is 10.9 Å². The first-order chi connectivity index (χ1) is 7.50. The van der Waals surface area contributed by atoms with Gasteiger partial charge in [0.2, 0.25) is 5.91 Å². The Labute approximate surface area is 105 Å². The van der Waals surface area contributed by atoms with Gasteiger partial charge in [-0.2, -0.15) is 0 Å². The highest BCUT2D eigenvalue weighted by atomic mass is 79.9. The zero-order valence-corrected chi connectivity index (χ0v) is 11.2. The van der Waals surface area contributed by atoms with Crippen molar-refractivity contribution in [2.75, 3.05) is 13.6 Å². The van der Waals surface area contributed by atoms with Crippen molar-refractivity contribution in [3.05, 3.63) is 34.3 Å². The van der Waals surface area contributed by atoms with E-state index in [0.29, 0.717) is 6.54 Å². The molecule has 0 fully saturated rings. The third kappa shape index (κ3) is 3.94. The predicted octanol–water partition coefficient (Wildman–Crippen LogP) is 1.80. The average molecular weight is 285 g/mol. The van der Waals surface area contributed by atoms with E-state index in [1.54, 1.807) is 18.9 Å². The second-order valence-corrected chi connectivity index (χ2v) is 4.84. The highest BCUT2D eigenvalue weighted by Crippen LogP contribution is 2.12. The maximum atomic E-state index is 11.5. The van der Waals surface area contributed by atoms with E-state index in [-0.39, 0.29) is 5.91 Å². The summed E-state index contributed by atoms with van der Waals surface area (Å²) in [7, 11) is 1.78. The zero-order chi connectivity index (χ0) is 12.1. The summed E-state index contributed by atoms with van der Waals surface area (Å²) in [6, 6.07) is 7.67. The van der Waals surface area contributed by atoms with Crippen LogP contribution in [0.5, 0.6) is 0 Å². The van der Waals surface area contributed by atoms with Gasteiger partial charge in [0.25, 0.3) is 0 Å². The summed E-state index contributed by atoms with van der Waals surface area (Å²) in [4.78, 5) is 13.2. The molecule has 88 valence electrons. The van der Waals surface area contributed by atoms with E-state index in [1.807, 2.05) is 12.1 Å². The van der Waals surface area contributed by atoms with Crippen molar-refractivity contribution >= 4 is 21.8 Å². The number of nitrogens with zero attached hydrogens (tertiary/aromatic N) is 1. The molecule has 1 amide bonds. The minimum atomic E-state index is -0.424. The van der Waals surface area contributed by atoms with E-state index in [1.165, 1.54) is 5.56 Å². The lowest BCUT2D eigenvalue weighted by Gasteiger charge is -2.19. The third-order valence-corrected chi connectivity index (χ3v) is 2.88. The highest BCUT2D eigenvalue weighted by Gasteiger charge is 2.12. The van der Waals surface area contributed by atoms with Crippen molar-refractivity contribution < 1.29 is 4.79 Å². The van der Waals surface area contributed by atoms with Gasteiger partial charge >= 0.3 is 0 Å². The van der Waals surface area contributed by atoms with Gasteiger partial charge < -0.3 is 10.6 Å². The van der Waals surface area contributed by atoms with Gasteiger partial charge in [0.15, 0.2) is 0 Å². The lowest BCUT2D eigenvalue weighted by Crippen LogP contribution is -2.40. The van der Waals surface area contributed by atoms with Crippen molar-refractivity contribution in [3.8, 4) is 0 Å². The Hall–Kier alpha value is -0.870. The number of hydrogen-bond acceptors (Lipinski definition) is 2. The number of amides is 1. The number of hydrogen-bond donors (Lipinski definition) is 1. The minimum Gasteiger partial charge on any atom is -0.344 e. The van der Waals surface area contributed by atoms with Gasteiger partial charge in [0.1, 0.15) is 0 Å².